The zero-order valence-corrected chi connectivity index (χ0v) is 42.0. The van der Waals surface area contributed by atoms with E-state index >= 15 is 0 Å². The smallest absolute Gasteiger partial charge is 0.329 e. The van der Waals surface area contributed by atoms with E-state index in [-0.39, 0.29) is 79.2 Å². The van der Waals surface area contributed by atoms with E-state index in [1.54, 1.807) is 28.1 Å². The number of halogens is 1. The number of nitrogens with zero attached hydrogens (tertiary/aromatic N) is 1. The standard InChI is InChI=1S/C50H78INO12/c1-30-15-11-10-12-16-31(2)44(60-8)27-38-20-18-36(7)50(59,63-38)47(56)48(57)52-22-14-13-17-39(52)49(58)62-45(35(6)25-37-19-21-43(64-51)46(26-37)61-9)29-42(55)34(5)24-33(4)41(54)28-40(53)32(3)23-30/h10-12,15-16,30,32-39,41,43-46,54,59H,13-14,17-29H2,1-9H3/b12-10?,15-11+,31-16?/t30-,32-,33?,34-,35-,36-,37+,38+,39+,41+,43-,44+,45+,46-,50-/m1/s1. The molecule has 0 spiro atoms. The number of aliphatic hydroxyl groups excluding tert-OH is 1. The topological polar surface area (TPSA) is 175 Å². The summed E-state index contributed by atoms with van der Waals surface area (Å²) in [6.45, 7) is 13.3. The molecule has 0 aromatic rings. The summed E-state index contributed by atoms with van der Waals surface area (Å²) in [5.74, 6) is -7.08. The average Bonchev–Trinajstić information content (AvgIpc) is 3.27. The van der Waals surface area contributed by atoms with E-state index in [1.807, 2.05) is 88.0 Å². The first kappa shape index (κ1) is 54.3. The number of ketones is 3. The number of aliphatic hydroxyl groups is 2. The lowest BCUT2D eigenvalue weighted by molar-refractivity contribution is -0.265. The number of Topliss-reactive ketones (excluding diaryl/α,β-unsaturated/α-hetero) is 3. The Morgan fingerprint density at radius 1 is 0.844 bits per heavy atom. The van der Waals surface area contributed by atoms with Gasteiger partial charge >= 0.3 is 5.97 Å². The van der Waals surface area contributed by atoms with Gasteiger partial charge in [-0.05, 0) is 107 Å². The van der Waals surface area contributed by atoms with Crippen LogP contribution in [0.25, 0.3) is 0 Å². The molecule has 1 aliphatic carbocycles. The van der Waals surface area contributed by atoms with Crippen LogP contribution in [0.4, 0.5) is 0 Å². The number of ether oxygens (including phenoxy) is 4. The summed E-state index contributed by atoms with van der Waals surface area (Å²) in [7, 11) is 3.26. The minimum atomic E-state index is -2.40. The SMILES string of the molecule is CO[C@H]1C[C@@H]2CC[C@@H](C)[C@@](O)(O2)C(=O)C(=O)N2CCCC[C@H]2C(=O)O[C@H]([C@H](C)C[C@@H]2CC[C@@H](OI)[C@H](OC)C2)CC(=O)[C@H](C)CC(C)[C@@H](O)CC(=O)[C@H](C)C[C@H](C)/C=C/C=CC=C1C. The molecular weight excluding hydrogens is 933 g/mol. The number of carbonyl (C=O) groups excluding carboxylic acids is 5. The van der Waals surface area contributed by atoms with Crippen LogP contribution in [0.3, 0.4) is 0 Å². The molecule has 2 bridgehead atoms. The fraction of sp³-hybridized carbons (Fsp3) is 0.780. The van der Waals surface area contributed by atoms with E-state index in [0.717, 1.165) is 24.8 Å². The predicted octanol–water partition coefficient (Wildman–Crippen LogP) is 8.01. The highest BCUT2D eigenvalue weighted by Crippen LogP contribution is 2.38. The normalized spacial score (nSPS) is 38.8. The van der Waals surface area contributed by atoms with Crippen LogP contribution in [0.15, 0.2) is 36.0 Å². The molecule has 0 radical (unpaired) electrons. The molecule has 1 amide bonds. The number of allylic oxidation sites excluding steroid dienone is 5. The van der Waals surface area contributed by atoms with Gasteiger partial charge in [0.25, 0.3) is 11.7 Å². The molecule has 14 heteroatoms. The van der Waals surface area contributed by atoms with Crippen molar-refractivity contribution in [2.45, 2.75) is 187 Å². The number of fused-ring (bicyclic) bond motifs is 3. The molecule has 0 aromatic heterocycles. The van der Waals surface area contributed by atoms with Crippen LogP contribution in [-0.4, -0.2) is 114 Å². The third kappa shape index (κ3) is 14.8. The molecule has 4 aliphatic rings. The summed E-state index contributed by atoms with van der Waals surface area (Å²) in [6, 6.07) is -1.09. The molecule has 1 unspecified atom stereocenters. The number of hydrogen-bond donors (Lipinski definition) is 2. The Kier molecular flexibility index (Phi) is 21.8. The molecule has 2 N–H and O–H groups in total. The molecule has 3 aliphatic heterocycles. The van der Waals surface area contributed by atoms with Crippen LogP contribution >= 0.6 is 23.0 Å². The van der Waals surface area contributed by atoms with Gasteiger partial charge in [0.15, 0.2) is 0 Å². The van der Waals surface area contributed by atoms with E-state index in [0.29, 0.717) is 51.4 Å². The number of carbonyl (C=O) groups is 5. The summed E-state index contributed by atoms with van der Waals surface area (Å²) < 4.78 is 29.7. The van der Waals surface area contributed by atoms with Crippen LogP contribution in [0, 0.1) is 41.4 Å². The van der Waals surface area contributed by atoms with Gasteiger partial charge in [-0.3, -0.25) is 19.2 Å². The fourth-order valence-electron chi connectivity index (χ4n) is 10.2. The fourth-order valence-corrected chi connectivity index (χ4v) is 10.8. The lowest BCUT2D eigenvalue weighted by atomic mass is 9.78. The van der Waals surface area contributed by atoms with Gasteiger partial charge in [0.1, 0.15) is 46.7 Å². The van der Waals surface area contributed by atoms with Gasteiger partial charge in [0, 0.05) is 57.8 Å². The predicted molar refractivity (Wildman–Crippen MR) is 252 cm³/mol. The first-order valence-electron chi connectivity index (χ1n) is 23.9. The second-order valence-electron chi connectivity index (χ2n) is 19.8. The molecule has 2 saturated heterocycles. The number of methoxy groups -OCH3 is 2. The Morgan fingerprint density at radius 3 is 2.23 bits per heavy atom. The maximum atomic E-state index is 14.4. The third-order valence-electron chi connectivity index (χ3n) is 14.7. The van der Waals surface area contributed by atoms with Gasteiger partial charge in [-0.1, -0.05) is 71.9 Å². The Bertz CT molecular complexity index is 1670. The first-order valence-corrected chi connectivity index (χ1v) is 24.7. The molecule has 0 aromatic carbocycles. The Morgan fingerprint density at radius 2 is 1.55 bits per heavy atom. The summed E-state index contributed by atoms with van der Waals surface area (Å²) >= 11 is 1.92. The molecule has 64 heavy (non-hydrogen) atoms. The van der Waals surface area contributed by atoms with Gasteiger partial charge in [-0.25, -0.2) is 4.79 Å². The zero-order chi connectivity index (χ0) is 47.3. The largest absolute Gasteiger partial charge is 0.460 e. The number of esters is 1. The summed E-state index contributed by atoms with van der Waals surface area (Å²) in [6.07, 6.45) is 13.6. The van der Waals surface area contributed by atoms with E-state index in [1.165, 1.54) is 4.90 Å². The number of piperidine rings is 1. The number of cyclic esters (lactones) is 1. The summed E-state index contributed by atoms with van der Waals surface area (Å²) in [5, 5.41) is 23.1. The van der Waals surface area contributed by atoms with Crippen molar-refractivity contribution in [3.05, 3.63) is 36.0 Å². The number of hydrogen-bond acceptors (Lipinski definition) is 12. The summed E-state index contributed by atoms with van der Waals surface area (Å²) in [5.41, 5.74) is 0.903. The van der Waals surface area contributed by atoms with Crippen molar-refractivity contribution in [3.63, 3.8) is 0 Å². The van der Waals surface area contributed by atoms with Crippen LogP contribution < -0.4 is 0 Å². The monoisotopic (exact) mass is 1010 g/mol. The van der Waals surface area contributed by atoms with Gasteiger partial charge in [-0.2, -0.15) is 0 Å². The average molecular weight is 1010 g/mol. The zero-order valence-electron chi connectivity index (χ0n) is 39.9. The molecule has 3 fully saturated rings. The van der Waals surface area contributed by atoms with Gasteiger partial charge in [-0.15, -0.1) is 0 Å². The lowest BCUT2D eigenvalue weighted by Gasteiger charge is -2.42. The number of rotatable bonds is 6. The molecular formula is C50H78INO12. The highest BCUT2D eigenvalue weighted by Gasteiger charge is 2.53. The van der Waals surface area contributed by atoms with Crippen LogP contribution in [0.2, 0.25) is 0 Å². The van der Waals surface area contributed by atoms with Crippen molar-refractivity contribution in [1.29, 1.82) is 0 Å². The highest BCUT2D eigenvalue weighted by atomic mass is 127. The van der Waals surface area contributed by atoms with Crippen molar-refractivity contribution < 1.29 is 56.2 Å². The van der Waals surface area contributed by atoms with Crippen molar-refractivity contribution in [2.75, 3.05) is 20.8 Å². The molecule has 15 atom stereocenters. The van der Waals surface area contributed by atoms with Crippen molar-refractivity contribution in [3.8, 4) is 0 Å². The minimum Gasteiger partial charge on any atom is -0.460 e. The second kappa shape index (κ2) is 25.7. The second-order valence-corrected chi connectivity index (χ2v) is 20.3. The quantitative estimate of drug-likeness (QED) is 0.149. The maximum Gasteiger partial charge on any atom is 0.329 e. The Hall–Kier alpha value is -2.34. The molecule has 13 nitrogen and oxygen atoms in total. The Labute approximate surface area is 396 Å². The molecule has 4 rings (SSSR count). The van der Waals surface area contributed by atoms with Gasteiger partial charge < -0.3 is 37.1 Å². The highest BCUT2D eigenvalue weighted by molar-refractivity contribution is 14.1. The summed E-state index contributed by atoms with van der Waals surface area (Å²) in [4.78, 5) is 71.4. The first-order chi connectivity index (χ1) is 30.3. The van der Waals surface area contributed by atoms with Crippen molar-refractivity contribution >= 4 is 52.2 Å². The van der Waals surface area contributed by atoms with Crippen LogP contribution in [0.1, 0.15) is 138 Å². The van der Waals surface area contributed by atoms with Crippen LogP contribution in [0.5, 0.6) is 0 Å². The molecule has 362 valence electrons. The van der Waals surface area contributed by atoms with Gasteiger partial charge in [0.2, 0.25) is 5.79 Å². The lowest BCUT2D eigenvalue weighted by Crippen LogP contribution is -2.61. The van der Waals surface area contributed by atoms with Gasteiger partial charge in [0.05, 0.1) is 30.5 Å². The third-order valence-corrected chi connectivity index (χ3v) is 15.3. The van der Waals surface area contributed by atoms with E-state index in [9.17, 15) is 34.2 Å². The number of amides is 1. The molecule has 1 saturated carbocycles. The minimum absolute atomic E-state index is 0.00374. The maximum absolute atomic E-state index is 14.4. The van der Waals surface area contributed by atoms with Crippen molar-refractivity contribution in [1.82, 2.24) is 4.90 Å². The molecule has 3 heterocycles. The Balaban J connectivity index is 1.65. The van der Waals surface area contributed by atoms with E-state index in [4.69, 9.17) is 22.0 Å². The van der Waals surface area contributed by atoms with Crippen molar-refractivity contribution in [2.24, 2.45) is 41.4 Å². The van der Waals surface area contributed by atoms with E-state index in [2.05, 4.69) is 0 Å². The van der Waals surface area contributed by atoms with E-state index < -0.39 is 65.7 Å². The van der Waals surface area contributed by atoms with Crippen LogP contribution in [-0.2, 0) is 46.0 Å².